The maximum absolute atomic E-state index is 12.5. The molecule has 5 nitrogen and oxygen atoms in total. The van der Waals surface area contributed by atoms with Gasteiger partial charge in [0.05, 0.1) is 24.5 Å². The van der Waals surface area contributed by atoms with Crippen LogP contribution in [0.1, 0.15) is 22.8 Å². The zero-order valence-electron chi connectivity index (χ0n) is 14.5. The van der Waals surface area contributed by atoms with Gasteiger partial charge < -0.3 is 9.84 Å². The molecule has 2 aromatic carbocycles. The average molecular weight is 403 g/mol. The van der Waals surface area contributed by atoms with Crippen molar-refractivity contribution in [2.75, 3.05) is 19.4 Å². The maximum atomic E-state index is 12.5. The number of nitrogens with one attached hydrogen (secondary N) is 1. The van der Waals surface area contributed by atoms with Gasteiger partial charge in [0.1, 0.15) is 5.75 Å². The van der Waals surface area contributed by atoms with E-state index in [0.717, 1.165) is 29.8 Å². The van der Waals surface area contributed by atoms with Gasteiger partial charge in [-0.1, -0.05) is 24.3 Å². The number of ether oxygens (including phenoxy) is 1. The van der Waals surface area contributed by atoms with Crippen LogP contribution in [0.25, 0.3) is 0 Å². The summed E-state index contributed by atoms with van der Waals surface area (Å²) in [6, 6.07) is 10.9. The second-order valence-corrected chi connectivity index (χ2v) is 7.83. The molecule has 0 unspecified atom stereocenters. The molecule has 0 aliphatic carbocycles. The van der Waals surface area contributed by atoms with Crippen molar-refractivity contribution in [1.82, 2.24) is 4.72 Å². The van der Waals surface area contributed by atoms with Crippen molar-refractivity contribution >= 4 is 10.0 Å². The van der Waals surface area contributed by atoms with Gasteiger partial charge in [-0.3, -0.25) is 0 Å². The summed E-state index contributed by atoms with van der Waals surface area (Å²) >= 11 is 0. The Bertz CT molecular complexity index is 834. The normalized spacial score (nSPS) is 13.4. The number of aliphatic hydroxyl groups is 1. The Kier molecular flexibility index (Phi) is 6.85. The first-order chi connectivity index (χ1) is 12.6. The Morgan fingerprint density at radius 3 is 2.19 bits per heavy atom. The van der Waals surface area contributed by atoms with Crippen LogP contribution in [-0.4, -0.2) is 32.9 Å². The van der Waals surface area contributed by atoms with E-state index in [4.69, 9.17) is 4.74 Å². The fourth-order valence-corrected chi connectivity index (χ4v) is 3.40. The second kappa shape index (κ2) is 8.73. The zero-order valence-corrected chi connectivity index (χ0v) is 15.3. The van der Waals surface area contributed by atoms with E-state index in [0.29, 0.717) is 5.75 Å². The van der Waals surface area contributed by atoms with E-state index in [1.807, 2.05) is 0 Å². The number of alkyl halides is 3. The number of hydrogen-bond acceptors (Lipinski definition) is 4. The number of benzene rings is 2. The van der Waals surface area contributed by atoms with Gasteiger partial charge >= 0.3 is 6.18 Å². The van der Waals surface area contributed by atoms with Gasteiger partial charge in [-0.05, 0) is 41.8 Å². The SMILES string of the molecule is COc1ccc(CCS(=O)(=O)NC[C@H](O)c2ccc(C(F)(F)F)cc2)cc1. The number of sulfonamides is 1. The summed E-state index contributed by atoms with van der Waals surface area (Å²) in [6.07, 6.45) is -5.44. The van der Waals surface area contributed by atoms with E-state index in [1.54, 1.807) is 24.3 Å². The molecule has 2 aromatic rings. The molecule has 2 rings (SSSR count). The summed E-state index contributed by atoms with van der Waals surface area (Å²) < 4.78 is 69.0. The van der Waals surface area contributed by atoms with Crippen LogP contribution in [0.15, 0.2) is 48.5 Å². The van der Waals surface area contributed by atoms with Crippen LogP contribution in [0.5, 0.6) is 5.75 Å². The monoisotopic (exact) mass is 403 g/mol. The number of rotatable bonds is 8. The number of aliphatic hydroxyl groups excluding tert-OH is 1. The third-order valence-corrected chi connectivity index (χ3v) is 5.29. The topological polar surface area (TPSA) is 75.6 Å². The molecular weight excluding hydrogens is 383 g/mol. The Labute approximate surface area is 155 Å². The first kappa shape index (κ1) is 21.2. The molecule has 0 aromatic heterocycles. The molecule has 1 atom stereocenters. The third-order valence-electron chi connectivity index (χ3n) is 3.94. The molecule has 0 heterocycles. The van der Waals surface area contributed by atoms with Crippen LogP contribution in [0.2, 0.25) is 0 Å². The van der Waals surface area contributed by atoms with Gasteiger partial charge in [-0.15, -0.1) is 0 Å². The van der Waals surface area contributed by atoms with E-state index < -0.39 is 27.9 Å². The summed E-state index contributed by atoms with van der Waals surface area (Å²) in [4.78, 5) is 0. The smallest absolute Gasteiger partial charge is 0.416 e. The molecular formula is C18H20F3NO4S. The minimum Gasteiger partial charge on any atom is -0.497 e. The lowest BCUT2D eigenvalue weighted by atomic mass is 10.1. The first-order valence-corrected chi connectivity index (χ1v) is 9.71. The summed E-state index contributed by atoms with van der Waals surface area (Å²) in [5.74, 6) is 0.485. The van der Waals surface area contributed by atoms with Crippen LogP contribution in [0, 0.1) is 0 Å². The molecule has 0 aliphatic heterocycles. The lowest BCUT2D eigenvalue weighted by Gasteiger charge is -2.14. The molecule has 0 spiro atoms. The van der Waals surface area contributed by atoms with Gasteiger partial charge in [0, 0.05) is 6.54 Å². The van der Waals surface area contributed by atoms with Crippen molar-refractivity contribution in [3.8, 4) is 5.75 Å². The molecule has 0 radical (unpaired) electrons. The largest absolute Gasteiger partial charge is 0.497 e. The fraction of sp³-hybridized carbons (Fsp3) is 0.333. The molecule has 0 saturated heterocycles. The summed E-state index contributed by atoms with van der Waals surface area (Å²) in [5, 5.41) is 10.00. The highest BCUT2D eigenvalue weighted by molar-refractivity contribution is 7.89. The van der Waals surface area contributed by atoms with E-state index >= 15 is 0 Å². The molecule has 0 aliphatic rings. The predicted molar refractivity (Wildman–Crippen MR) is 94.9 cm³/mol. The van der Waals surface area contributed by atoms with E-state index in [-0.39, 0.29) is 24.3 Å². The predicted octanol–water partition coefficient (Wildman–Crippen LogP) is 2.91. The quantitative estimate of drug-likeness (QED) is 0.711. The Hall–Kier alpha value is -2.10. The van der Waals surface area contributed by atoms with Gasteiger partial charge in [0.2, 0.25) is 10.0 Å². The molecule has 0 fully saturated rings. The van der Waals surface area contributed by atoms with Crippen molar-refractivity contribution in [1.29, 1.82) is 0 Å². The fourth-order valence-electron chi connectivity index (χ4n) is 2.33. The van der Waals surface area contributed by atoms with Crippen LogP contribution >= 0.6 is 0 Å². The Morgan fingerprint density at radius 1 is 1.07 bits per heavy atom. The van der Waals surface area contributed by atoms with Crippen molar-refractivity contribution in [2.24, 2.45) is 0 Å². The molecule has 2 N–H and O–H groups in total. The molecule has 27 heavy (non-hydrogen) atoms. The summed E-state index contributed by atoms with van der Waals surface area (Å²) in [7, 11) is -2.12. The van der Waals surface area contributed by atoms with E-state index in [1.165, 1.54) is 7.11 Å². The minimum atomic E-state index is -4.47. The highest BCUT2D eigenvalue weighted by Gasteiger charge is 2.30. The molecule has 0 amide bonds. The van der Waals surface area contributed by atoms with Crippen molar-refractivity contribution in [3.63, 3.8) is 0 Å². The number of hydrogen-bond donors (Lipinski definition) is 2. The molecule has 9 heteroatoms. The van der Waals surface area contributed by atoms with Crippen molar-refractivity contribution < 1.29 is 31.4 Å². The third kappa shape index (κ3) is 6.53. The zero-order chi connectivity index (χ0) is 20.1. The minimum absolute atomic E-state index is 0.181. The van der Waals surface area contributed by atoms with E-state index in [9.17, 15) is 26.7 Å². The van der Waals surface area contributed by atoms with Gasteiger partial charge in [-0.2, -0.15) is 13.2 Å². The van der Waals surface area contributed by atoms with Crippen LogP contribution in [-0.2, 0) is 22.6 Å². The lowest BCUT2D eigenvalue weighted by Crippen LogP contribution is -2.31. The number of halogens is 3. The van der Waals surface area contributed by atoms with Crippen molar-refractivity contribution in [2.45, 2.75) is 18.7 Å². The maximum Gasteiger partial charge on any atom is 0.416 e. The van der Waals surface area contributed by atoms with E-state index in [2.05, 4.69) is 4.72 Å². The number of methoxy groups -OCH3 is 1. The van der Waals surface area contributed by atoms with Crippen molar-refractivity contribution in [3.05, 3.63) is 65.2 Å². The second-order valence-electron chi connectivity index (χ2n) is 5.90. The standard InChI is InChI=1S/C18H20F3NO4S/c1-26-16-8-2-13(3-9-16)10-11-27(24,25)22-12-17(23)14-4-6-15(7-5-14)18(19,20)21/h2-9,17,22-23H,10-12H2,1H3/t17-/m0/s1. The highest BCUT2D eigenvalue weighted by atomic mass is 32.2. The van der Waals surface area contributed by atoms with Gasteiger partial charge in [0.15, 0.2) is 0 Å². The van der Waals surface area contributed by atoms with Crippen LogP contribution < -0.4 is 9.46 Å². The summed E-state index contributed by atoms with van der Waals surface area (Å²) in [6.45, 7) is -0.323. The summed E-state index contributed by atoms with van der Waals surface area (Å²) in [5.41, 5.74) is 0.170. The lowest BCUT2D eigenvalue weighted by molar-refractivity contribution is -0.137. The van der Waals surface area contributed by atoms with Crippen LogP contribution in [0.4, 0.5) is 13.2 Å². The van der Waals surface area contributed by atoms with Gasteiger partial charge in [-0.25, -0.2) is 13.1 Å². The molecule has 0 bridgehead atoms. The average Bonchev–Trinajstić information content (AvgIpc) is 2.64. The molecule has 148 valence electrons. The number of aryl methyl sites for hydroxylation is 1. The van der Waals surface area contributed by atoms with Gasteiger partial charge in [0.25, 0.3) is 0 Å². The highest BCUT2D eigenvalue weighted by Crippen LogP contribution is 2.29. The Morgan fingerprint density at radius 2 is 1.67 bits per heavy atom. The van der Waals surface area contributed by atoms with Crippen LogP contribution in [0.3, 0.4) is 0 Å². The molecule has 0 saturated carbocycles. The first-order valence-electron chi connectivity index (χ1n) is 8.06. The Balaban J connectivity index is 1.87.